The summed E-state index contributed by atoms with van der Waals surface area (Å²) in [5.74, 6) is 0. The van der Waals surface area contributed by atoms with E-state index in [1.54, 1.807) is 0 Å². The summed E-state index contributed by atoms with van der Waals surface area (Å²) in [5.41, 5.74) is 0. The Morgan fingerprint density at radius 3 is 2.43 bits per heavy atom. The average Bonchev–Trinajstić information content (AvgIpc) is 2.43. The maximum absolute atomic E-state index is 5.22. The molecule has 0 atom stereocenters. The van der Waals surface area contributed by atoms with E-state index in [0.29, 0.717) is 6.04 Å². The van der Waals surface area contributed by atoms with E-state index in [9.17, 15) is 0 Å². The first-order chi connectivity index (χ1) is 6.83. The normalized spacial score (nSPS) is 18.6. The molecule has 0 spiro atoms. The highest BCUT2D eigenvalue weighted by atomic mass is 32.1. The molecule has 0 aromatic carbocycles. The molecular formula is C11H22N2S. The SMILES string of the molecule is CCCNC(=S)NC1CCCCCC1. The first-order valence-corrected chi connectivity index (χ1v) is 6.28. The summed E-state index contributed by atoms with van der Waals surface area (Å²) in [4.78, 5) is 0. The van der Waals surface area contributed by atoms with Gasteiger partial charge in [0.15, 0.2) is 5.11 Å². The molecule has 1 aliphatic carbocycles. The summed E-state index contributed by atoms with van der Waals surface area (Å²) in [6, 6.07) is 0.620. The van der Waals surface area contributed by atoms with Crippen LogP contribution in [0.4, 0.5) is 0 Å². The third-order valence-electron chi connectivity index (χ3n) is 2.73. The quantitative estimate of drug-likeness (QED) is 0.558. The summed E-state index contributed by atoms with van der Waals surface area (Å²) < 4.78 is 0. The Morgan fingerprint density at radius 2 is 1.86 bits per heavy atom. The van der Waals surface area contributed by atoms with Gasteiger partial charge in [-0.1, -0.05) is 32.6 Å². The van der Waals surface area contributed by atoms with Crippen LogP contribution >= 0.6 is 12.2 Å². The summed E-state index contributed by atoms with van der Waals surface area (Å²) in [6.07, 6.45) is 9.21. The van der Waals surface area contributed by atoms with Gasteiger partial charge in [0.05, 0.1) is 0 Å². The minimum absolute atomic E-state index is 0.620. The molecule has 0 radical (unpaired) electrons. The molecule has 0 aromatic heterocycles. The zero-order valence-electron chi connectivity index (χ0n) is 9.14. The molecule has 0 aliphatic heterocycles. The van der Waals surface area contributed by atoms with Crippen LogP contribution in [0.2, 0.25) is 0 Å². The monoisotopic (exact) mass is 214 g/mol. The van der Waals surface area contributed by atoms with Crippen molar-refractivity contribution >= 4 is 17.3 Å². The van der Waals surface area contributed by atoms with Crippen molar-refractivity contribution < 1.29 is 0 Å². The predicted molar refractivity (Wildman–Crippen MR) is 65.5 cm³/mol. The second-order valence-corrected chi connectivity index (χ2v) is 4.50. The lowest BCUT2D eigenvalue weighted by molar-refractivity contribution is 0.528. The molecule has 3 heteroatoms. The number of thiocarbonyl (C=S) groups is 1. The van der Waals surface area contributed by atoms with Gasteiger partial charge in [-0.15, -0.1) is 0 Å². The van der Waals surface area contributed by atoms with Gasteiger partial charge in [-0.25, -0.2) is 0 Å². The molecule has 0 unspecified atom stereocenters. The summed E-state index contributed by atoms with van der Waals surface area (Å²) in [5, 5.41) is 7.48. The van der Waals surface area contributed by atoms with Crippen LogP contribution in [0.1, 0.15) is 51.9 Å². The Balaban J connectivity index is 2.17. The van der Waals surface area contributed by atoms with Crippen molar-refractivity contribution in [1.29, 1.82) is 0 Å². The molecule has 2 N–H and O–H groups in total. The molecule has 1 saturated carbocycles. The zero-order valence-corrected chi connectivity index (χ0v) is 9.96. The summed E-state index contributed by atoms with van der Waals surface area (Å²) in [7, 11) is 0. The standard InChI is InChI=1S/C11H22N2S/c1-2-9-12-11(14)13-10-7-5-3-4-6-8-10/h10H,2-9H2,1H3,(H2,12,13,14). The van der Waals surface area contributed by atoms with Crippen molar-refractivity contribution in [3.05, 3.63) is 0 Å². The lowest BCUT2D eigenvalue weighted by Gasteiger charge is -2.18. The third kappa shape index (κ3) is 4.80. The van der Waals surface area contributed by atoms with Crippen molar-refractivity contribution in [2.24, 2.45) is 0 Å². The molecule has 0 saturated heterocycles. The highest BCUT2D eigenvalue weighted by Crippen LogP contribution is 2.16. The van der Waals surface area contributed by atoms with Gasteiger partial charge in [0.2, 0.25) is 0 Å². The van der Waals surface area contributed by atoms with E-state index in [0.717, 1.165) is 18.1 Å². The Labute approximate surface area is 92.8 Å². The van der Waals surface area contributed by atoms with E-state index in [-0.39, 0.29) is 0 Å². The smallest absolute Gasteiger partial charge is 0.166 e. The molecule has 1 aliphatic rings. The Bertz CT molecular complexity index is 163. The van der Waals surface area contributed by atoms with Crippen LogP contribution in [0.15, 0.2) is 0 Å². The highest BCUT2D eigenvalue weighted by Gasteiger charge is 2.12. The maximum atomic E-state index is 5.22. The average molecular weight is 214 g/mol. The molecule has 1 fully saturated rings. The summed E-state index contributed by atoms with van der Waals surface area (Å²) in [6.45, 7) is 3.14. The maximum Gasteiger partial charge on any atom is 0.166 e. The molecule has 14 heavy (non-hydrogen) atoms. The molecule has 0 aromatic rings. The molecule has 82 valence electrons. The van der Waals surface area contributed by atoms with Gasteiger partial charge in [-0.2, -0.15) is 0 Å². The second kappa shape index (κ2) is 7.04. The number of hydrogen-bond acceptors (Lipinski definition) is 1. The minimum Gasteiger partial charge on any atom is -0.363 e. The number of rotatable bonds is 3. The van der Waals surface area contributed by atoms with Crippen LogP contribution in [0.3, 0.4) is 0 Å². The van der Waals surface area contributed by atoms with Crippen LogP contribution in [0.25, 0.3) is 0 Å². The Morgan fingerprint density at radius 1 is 1.21 bits per heavy atom. The predicted octanol–water partition coefficient (Wildman–Crippen LogP) is 2.58. The fourth-order valence-corrected chi connectivity index (χ4v) is 2.17. The fourth-order valence-electron chi connectivity index (χ4n) is 1.90. The van der Waals surface area contributed by atoms with Crippen molar-refractivity contribution in [3.8, 4) is 0 Å². The van der Waals surface area contributed by atoms with Crippen LogP contribution in [0.5, 0.6) is 0 Å². The van der Waals surface area contributed by atoms with Crippen LogP contribution in [0, 0.1) is 0 Å². The second-order valence-electron chi connectivity index (χ2n) is 4.09. The largest absolute Gasteiger partial charge is 0.363 e. The van der Waals surface area contributed by atoms with E-state index < -0.39 is 0 Å². The van der Waals surface area contributed by atoms with Crippen LogP contribution in [-0.2, 0) is 0 Å². The Hall–Kier alpha value is -0.310. The van der Waals surface area contributed by atoms with Crippen molar-refractivity contribution in [3.63, 3.8) is 0 Å². The molecule has 0 amide bonds. The molecule has 0 bridgehead atoms. The zero-order chi connectivity index (χ0) is 10.2. The third-order valence-corrected chi connectivity index (χ3v) is 2.99. The van der Waals surface area contributed by atoms with Gasteiger partial charge in [-0.3, -0.25) is 0 Å². The van der Waals surface area contributed by atoms with Crippen molar-refractivity contribution in [2.45, 2.75) is 57.9 Å². The molecule has 2 nitrogen and oxygen atoms in total. The van der Waals surface area contributed by atoms with Crippen LogP contribution < -0.4 is 10.6 Å². The highest BCUT2D eigenvalue weighted by molar-refractivity contribution is 7.80. The molecule has 1 rings (SSSR count). The van der Waals surface area contributed by atoms with Crippen molar-refractivity contribution in [1.82, 2.24) is 10.6 Å². The van der Waals surface area contributed by atoms with E-state index in [4.69, 9.17) is 12.2 Å². The first-order valence-electron chi connectivity index (χ1n) is 5.87. The topological polar surface area (TPSA) is 24.1 Å². The van der Waals surface area contributed by atoms with Gasteiger partial charge in [0, 0.05) is 12.6 Å². The van der Waals surface area contributed by atoms with E-state index in [2.05, 4.69) is 17.6 Å². The fraction of sp³-hybridized carbons (Fsp3) is 0.909. The van der Waals surface area contributed by atoms with Gasteiger partial charge in [0.25, 0.3) is 0 Å². The lowest BCUT2D eigenvalue weighted by atomic mass is 10.1. The molecular weight excluding hydrogens is 192 g/mol. The van der Waals surface area contributed by atoms with Gasteiger partial charge >= 0.3 is 0 Å². The van der Waals surface area contributed by atoms with E-state index in [1.807, 2.05) is 0 Å². The number of nitrogens with one attached hydrogen (secondary N) is 2. The lowest BCUT2D eigenvalue weighted by Crippen LogP contribution is -2.41. The van der Waals surface area contributed by atoms with Crippen LogP contribution in [-0.4, -0.2) is 17.7 Å². The Kier molecular flexibility index (Phi) is 5.92. The van der Waals surface area contributed by atoms with Gasteiger partial charge in [0.1, 0.15) is 0 Å². The van der Waals surface area contributed by atoms with E-state index in [1.165, 1.54) is 38.5 Å². The van der Waals surface area contributed by atoms with Gasteiger partial charge in [-0.05, 0) is 31.5 Å². The summed E-state index contributed by atoms with van der Waals surface area (Å²) >= 11 is 5.22. The minimum atomic E-state index is 0.620. The van der Waals surface area contributed by atoms with Gasteiger partial charge < -0.3 is 10.6 Å². The van der Waals surface area contributed by atoms with Crippen molar-refractivity contribution in [2.75, 3.05) is 6.54 Å². The first kappa shape index (κ1) is 11.8. The number of hydrogen-bond donors (Lipinski definition) is 2. The van der Waals surface area contributed by atoms with E-state index >= 15 is 0 Å². The molecule has 0 heterocycles.